The first kappa shape index (κ1) is 18.3. The summed E-state index contributed by atoms with van der Waals surface area (Å²) in [7, 11) is 0. The van der Waals surface area contributed by atoms with Crippen molar-refractivity contribution >= 4 is 5.91 Å². The molecule has 0 aliphatic heterocycles. The van der Waals surface area contributed by atoms with Crippen molar-refractivity contribution in [2.24, 2.45) is 0 Å². The lowest BCUT2D eigenvalue weighted by molar-refractivity contribution is -0.116. The molecule has 0 spiro atoms. The highest BCUT2D eigenvalue weighted by molar-refractivity contribution is 5.87. The highest BCUT2D eigenvalue weighted by Crippen LogP contribution is 2.27. The fourth-order valence-electron chi connectivity index (χ4n) is 2.39. The molecule has 27 heavy (non-hydrogen) atoms. The summed E-state index contributed by atoms with van der Waals surface area (Å²) in [5.41, 5.74) is 2.36. The summed E-state index contributed by atoms with van der Waals surface area (Å²) in [6.45, 7) is 0.591. The Bertz CT molecular complexity index is 969. The summed E-state index contributed by atoms with van der Waals surface area (Å²) >= 11 is 0. The van der Waals surface area contributed by atoms with Crippen molar-refractivity contribution in [3.8, 4) is 22.5 Å². The van der Waals surface area contributed by atoms with Crippen LogP contribution in [0.25, 0.3) is 22.5 Å². The lowest BCUT2D eigenvalue weighted by Gasteiger charge is -2.10. The second-order valence-corrected chi connectivity index (χ2v) is 5.48. The maximum Gasteiger partial charge on any atom is 0.348 e. The summed E-state index contributed by atoms with van der Waals surface area (Å²) in [6, 6.07) is 7.32. The van der Waals surface area contributed by atoms with Gasteiger partial charge in [0.25, 0.3) is 0 Å². The predicted octanol–water partition coefficient (Wildman–Crippen LogP) is 3.34. The second-order valence-electron chi connectivity index (χ2n) is 5.48. The van der Waals surface area contributed by atoms with Gasteiger partial charge in [0.05, 0.1) is 11.9 Å². The predicted molar refractivity (Wildman–Crippen MR) is 91.9 cm³/mol. The van der Waals surface area contributed by atoms with E-state index in [2.05, 4.69) is 27.1 Å². The Hall–Kier alpha value is -3.49. The van der Waals surface area contributed by atoms with Crippen LogP contribution in [-0.2, 0) is 11.3 Å². The molecule has 0 bridgehead atoms. The number of alkyl halides is 2. The molecular formula is C18H14F3N5O. The van der Waals surface area contributed by atoms with E-state index >= 15 is 0 Å². The van der Waals surface area contributed by atoms with Crippen LogP contribution in [0, 0.1) is 5.82 Å². The topological polar surface area (TPSA) is 72.7 Å². The van der Waals surface area contributed by atoms with Crippen LogP contribution in [-0.4, -0.2) is 25.9 Å². The molecule has 0 unspecified atom stereocenters. The number of benzene rings is 1. The number of carbonyl (C=O) groups excluding carboxylic acids is 1. The van der Waals surface area contributed by atoms with E-state index in [1.54, 1.807) is 18.2 Å². The van der Waals surface area contributed by atoms with Gasteiger partial charge in [-0.15, -0.1) is 9.90 Å². The highest BCUT2D eigenvalue weighted by Gasteiger charge is 2.15. The van der Waals surface area contributed by atoms with Crippen molar-refractivity contribution < 1.29 is 18.0 Å². The van der Waals surface area contributed by atoms with Crippen molar-refractivity contribution in [1.29, 1.82) is 0 Å². The van der Waals surface area contributed by atoms with Crippen LogP contribution in [0.1, 0.15) is 12.1 Å². The minimum absolute atomic E-state index is 0.0957. The zero-order valence-electron chi connectivity index (χ0n) is 13.9. The molecule has 6 nitrogen and oxygen atoms in total. The van der Waals surface area contributed by atoms with Crippen molar-refractivity contribution in [3.05, 3.63) is 66.8 Å². The first-order valence-electron chi connectivity index (χ1n) is 7.83. The standard InChI is InChI=1S/C18H14F3N5O/c1-2-17(27)23-9-12-8-22-15(11-3-5-13(19)6-4-11)7-14(12)16-10-24-26(25-16)18(20)21/h2-8,10,18H,1,9H2,(H,23,27). The smallest absolute Gasteiger partial charge is 0.348 e. The van der Waals surface area contributed by atoms with E-state index in [1.807, 2.05) is 0 Å². The quantitative estimate of drug-likeness (QED) is 0.673. The Labute approximate surface area is 152 Å². The van der Waals surface area contributed by atoms with Gasteiger partial charge in [-0.05, 0) is 42.0 Å². The van der Waals surface area contributed by atoms with Gasteiger partial charge in [0.1, 0.15) is 11.5 Å². The van der Waals surface area contributed by atoms with Crippen LogP contribution < -0.4 is 5.32 Å². The number of halogens is 3. The lowest BCUT2D eigenvalue weighted by atomic mass is 10.0. The first-order valence-corrected chi connectivity index (χ1v) is 7.83. The number of pyridine rings is 1. The molecule has 2 heterocycles. The Morgan fingerprint density at radius 1 is 1.22 bits per heavy atom. The molecule has 0 aliphatic carbocycles. The van der Waals surface area contributed by atoms with Gasteiger partial charge in [0.15, 0.2) is 0 Å². The fraction of sp³-hybridized carbons (Fsp3) is 0.111. The van der Waals surface area contributed by atoms with Crippen LogP contribution in [0.2, 0.25) is 0 Å². The Kier molecular flexibility index (Phi) is 5.30. The van der Waals surface area contributed by atoms with Crippen LogP contribution in [0.4, 0.5) is 13.2 Å². The largest absolute Gasteiger partial charge is 0.348 e. The average molecular weight is 373 g/mol. The minimum Gasteiger partial charge on any atom is -0.348 e. The molecule has 3 rings (SSSR count). The first-order chi connectivity index (χ1) is 13.0. The molecule has 138 valence electrons. The van der Waals surface area contributed by atoms with Gasteiger partial charge < -0.3 is 5.32 Å². The average Bonchev–Trinajstić information content (AvgIpc) is 3.17. The zero-order chi connectivity index (χ0) is 19.4. The second kappa shape index (κ2) is 7.81. The van der Waals surface area contributed by atoms with E-state index in [0.29, 0.717) is 27.2 Å². The van der Waals surface area contributed by atoms with Crippen molar-refractivity contribution in [1.82, 2.24) is 25.3 Å². The van der Waals surface area contributed by atoms with Crippen molar-refractivity contribution in [2.45, 2.75) is 13.1 Å². The van der Waals surface area contributed by atoms with Crippen LogP contribution in [0.5, 0.6) is 0 Å². The summed E-state index contributed by atoms with van der Waals surface area (Å²) in [4.78, 5) is 16.0. The molecular weight excluding hydrogens is 359 g/mol. The molecule has 0 saturated heterocycles. The number of nitrogens with one attached hydrogen (secondary N) is 1. The van der Waals surface area contributed by atoms with Gasteiger partial charge in [-0.1, -0.05) is 6.58 Å². The molecule has 1 N–H and O–H groups in total. The highest BCUT2D eigenvalue weighted by atomic mass is 19.3. The molecule has 2 aromatic heterocycles. The SMILES string of the molecule is C=CC(=O)NCc1cnc(-c2ccc(F)cc2)cc1-c1cnn(C(F)F)n1. The zero-order valence-corrected chi connectivity index (χ0v) is 13.9. The third kappa shape index (κ3) is 4.20. The number of amides is 1. The summed E-state index contributed by atoms with van der Waals surface area (Å²) in [5, 5.41) is 9.92. The van der Waals surface area contributed by atoms with Gasteiger partial charge in [0, 0.05) is 23.9 Å². The maximum atomic E-state index is 13.1. The number of carbonyl (C=O) groups is 1. The number of hydrogen-bond acceptors (Lipinski definition) is 4. The Morgan fingerprint density at radius 3 is 2.59 bits per heavy atom. The number of nitrogens with zero attached hydrogens (tertiary/aromatic N) is 4. The van der Waals surface area contributed by atoms with E-state index in [-0.39, 0.29) is 24.0 Å². The number of hydrogen-bond donors (Lipinski definition) is 1. The molecule has 0 fully saturated rings. The van der Waals surface area contributed by atoms with E-state index in [9.17, 15) is 18.0 Å². The molecule has 0 radical (unpaired) electrons. The van der Waals surface area contributed by atoms with Crippen LogP contribution >= 0.6 is 0 Å². The van der Waals surface area contributed by atoms with Crippen molar-refractivity contribution in [2.75, 3.05) is 0 Å². The maximum absolute atomic E-state index is 13.1. The number of rotatable bonds is 6. The lowest BCUT2D eigenvalue weighted by Crippen LogP contribution is -2.20. The normalized spacial score (nSPS) is 10.8. The van der Waals surface area contributed by atoms with Gasteiger partial charge >= 0.3 is 6.55 Å². The molecule has 0 saturated carbocycles. The molecule has 9 heteroatoms. The van der Waals surface area contributed by atoms with Crippen LogP contribution in [0.3, 0.4) is 0 Å². The molecule has 1 amide bonds. The van der Waals surface area contributed by atoms with Gasteiger partial charge in [-0.2, -0.15) is 13.9 Å². The van der Waals surface area contributed by atoms with Gasteiger partial charge in [-0.3, -0.25) is 9.78 Å². The van der Waals surface area contributed by atoms with Crippen molar-refractivity contribution in [3.63, 3.8) is 0 Å². The molecule has 0 aliphatic rings. The summed E-state index contributed by atoms with van der Waals surface area (Å²) in [6.07, 6.45) is 3.82. The number of aromatic nitrogens is 4. The fourth-order valence-corrected chi connectivity index (χ4v) is 2.39. The minimum atomic E-state index is -2.87. The molecule has 3 aromatic rings. The third-order valence-corrected chi connectivity index (χ3v) is 3.72. The Morgan fingerprint density at radius 2 is 1.96 bits per heavy atom. The van der Waals surface area contributed by atoms with E-state index in [4.69, 9.17) is 0 Å². The Balaban J connectivity index is 2.03. The third-order valence-electron chi connectivity index (χ3n) is 3.72. The van der Waals surface area contributed by atoms with E-state index in [1.165, 1.54) is 24.5 Å². The summed E-state index contributed by atoms with van der Waals surface area (Å²) in [5.74, 6) is -0.776. The molecule has 1 aromatic carbocycles. The van der Waals surface area contributed by atoms with E-state index in [0.717, 1.165) is 6.08 Å². The van der Waals surface area contributed by atoms with Gasteiger partial charge in [-0.25, -0.2) is 4.39 Å². The molecule has 0 atom stereocenters. The monoisotopic (exact) mass is 373 g/mol. The summed E-state index contributed by atoms with van der Waals surface area (Å²) < 4.78 is 38.7. The van der Waals surface area contributed by atoms with Gasteiger partial charge in [0.2, 0.25) is 5.91 Å². The van der Waals surface area contributed by atoms with Crippen LogP contribution in [0.15, 0.2) is 55.4 Å². The van der Waals surface area contributed by atoms with E-state index < -0.39 is 6.55 Å².